The average molecular weight is 284 g/mol. The summed E-state index contributed by atoms with van der Waals surface area (Å²) in [5.41, 5.74) is 15.4. The van der Waals surface area contributed by atoms with E-state index in [2.05, 4.69) is 0 Å². The number of carbonyl (C=O) groups excluding carboxylic acids is 3. The third kappa shape index (κ3) is 4.19. The van der Waals surface area contributed by atoms with Gasteiger partial charge in [0.2, 0.25) is 17.7 Å². The lowest BCUT2D eigenvalue weighted by molar-refractivity contribution is -0.147. The van der Waals surface area contributed by atoms with E-state index < -0.39 is 17.2 Å². The van der Waals surface area contributed by atoms with Crippen LogP contribution in [0.1, 0.15) is 38.5 Å². The Morgan fingerprint density at radius 3 is 1.70 bits per heavy atom. The summed E-state index contributed by atoms with van der Waals surface area (Å²) >= 11 is 0. The Balaban J connectivity index is 2.93. The van der Waals surface area contributed by atoms with E-state index in [1.807, 2.05) is 0 Å². The fourth-order valence-corrected chi connectivity index (χ4v) is 2.82. The van der Waals surface area contributed by atoms with E-state index in [1.54, 1.807) is 0 Å². The van der Waals surface area contributed by atoms with Crippen molar-refractivity contribution in [1.29, 1.82) is 0 Å². The van der Waals surface area contributed by atoms with E-state index in [9.17, 15) is 14.4 Å². The van der Waals surface area contributed by atoms with Gasteiger partial charge in [-0.25, -0.2) is 0 Å². The minimum absolute atomic E-state index is 0.208. The molecule has 0 aromatic heterocycles. The highest BCUT2D eigenvalue weighted by Gasteiger charge is 2.40. The van der Waals surface area contributed by atoms with Gasteiger partial charge in [0, 0.05) is 6.54 Å². The van der Waals surface area contributed by atoms with Gasteiger partial charge >= 0.3 is 0 Å². The minimum atomic E-state index is -0.693. The first-order chi connectivity index (χ1) is 9.41. The minimum Gasteiger partial charge on any atom is -0.368 e. The monoisotopic (exact) mass is 284 g/mol. The number of primary amides is 2. The third-order valence-corrected chi connectivity index (χ3v) is 3.89. The van der Waals surface area contributed by atoms with Crippen LogP contribution >= 0.6 is 0 Å². The number of nitrogens with two attached hydrogens (primary N) is 3. The Kier molecular flexibility index (Phi) is 5.94. The summed E-state index contributed by atoms with van der Waals surface area (Å²) in [6.07, 6.45) is 5.34. The molecule has 7 heteroatoms. The summed E-state index contributed by atoms with van der Waals surface area (Å²) in [6.45, 7) is -0.396. The third-order valence-electron chi connectivity index (χ3n) is 3.89. The van der Waals surface area contributed by atoms with Crippen LogP contribution in [0.25, 0.3) is 0 Å². The fourth-order valence-electron chi connectivity index (χ4n) is 2.82. The molecule has 0 bridgehead atoms. The molecule has 3 amide bonds. The van der Waals surface area contributed by atoms with Gasteiger partial charge in [0.1, 0.15) is 0 Å². The second-order valence-corrected chi connectivity index (χ2v) is 5.49. The zero-order valence-corrected chi connectivity index (χ0v) is 11.8. The molecule has 0 aliphatic heterocycles. The molecule has 1 aliphatic carbocycles. The van der Waals surface area contributed by atoms with Crippen LogP contribution in [0.2, 0.25) is 0 Å². The van der Waals surface area contributed by atoms with E-state index in [4.69, 9.17) is 17.2 Å². The highest BCUT2D eigenvalue weighted by molar-refractivity contribution is 5.91. The molecular weight excluding hydrogens is 260 g/mol. The molecule has 0 saturated heterocycles. The summed E-state index contributed by atoms with van der Waals surface area (Å²) in [7, 11) is 0. The molecule has 0 unspecified atom stereocenters. The number of amides is 3. The lowest BCUT2D eigenvalue weighted by atomic mass is 9.79. The number of rotatable bonds is 6. The van der Waals surface area contributed by atoms with Gasteiger partial charge in [-0.2, -0.15) is 0 Å². The van der Waals surface area contributed by atoms with Gasteiger partial charge in [0.25, 0.3) is 0 Å². The van der Waals surface area contributed by atoms with E-state index in [0.29, 0.717) is 12.8 Å². The van der Waals surface area contributed by atoms with Gasteiger partial charge < -0.3 is 22.1 Å². The summed E-state index contributed by atoms with van der Waals surface area (Å²) in [5, 5.41) is 0. The molecule has 0 spiro atoms. The van der Waals surface area contributed by atoms with Gasteiger partial charge in [-0.15, -0.1) is 0 Å². The van der Waals surface area contributed by atoms with E-state index in [0.717, 1.165) is 30.6 Å². The summed E-state index contributed by atoms with van der Waals surface area (Å²) < 4.78 is 0. The predicted octanol–water partition coefficient (Wildman–Crippen LogP) is -0.915. The van der Waals surface area contributed by atoms with Crippen molar-refractivity contribution < 1.29 is 14.4 Å². The van der Waals surface area contributed by atoms with E-state index >= 15 is 0 Å². The van der Waals surface area contributed by atoms with Gasteiger partial charge in [-0.3, -0.25) is 14.4 Å². The Morgan fingerprint density at radius 1 is 0.900 bits per heavy atom. The number of carbonyl (C=O) groups is 3. The molecule has 1 saturated carbocycles. The van der Waals surface area contributed by atoms with Gasteiger partial charge in [0.15, 0.2) is 0 Å². The predicted molar refractivity (Wildman–Crippen MR) is 74.2 cm³/mol. The quantitative estimate of drug-likeness (QED) is 0.544. The van der Waals surface area contributed by atoms with Crippen LogP contribution in [0.4, 0.5) is 0 Å². The van der Waals surface area contributed by atoms with Crippen molar-refractivity contribution in [3.8, 4) is 0 Å². The Bertz CT molecular complexity index is 360. The average Bonchev–Trinajstić information content (AvgIpc) is 2.62. The van der Waals surface area contributed by atoms with Crippen LogP contribution < -0.4 is 17.2 Å². The maximum absolute atomic E-state index is 12.7. The lowest BCUT2D eigenvalue weighted by Crippen LogP contribution is -2.52. The van der Waals surface area contributed by atoms with Crippen molar-refractivity contribution in [1.82, 2.24) is 4.90 Å². The number of hydrogen-bond acceptors (Lipinski definition) is 4. The first kappa shape index (κ1) is 16.4. The van der Waals surface area contributed by atoms with Crippen molar-refractivity contribution in [2.24, 2.45) is 22.6 Å². The van der Waals surface area contributed by atoms with Crippen molar-refractivity contribution >= 4 is 17.7 Å². The van der Waals surface area contributed by atoms with Crippen LogP contribution in [0.5, 0.6) is 0 Å². The Labute approximate surface area is 118 Å². The first-order valence-electron chi connectivity index (χ1n) is 6.97. The molecule has 0 heterocycles. The van der Waals surface area contributed by atoms with Crippen molar-refractivity contribution in [3.63, 3.8) is 0 Å². The van der Waals surface area contributed by atoms with Crippen LogP contribution in [-0.2, 0) is 14.4 Å². The topological polar surface area (TPSA) is 133 Å². The highest BCUT2D eigenvalue weighted by atomic mass is 16.2. The second kappa shape index (κ2) is 7.23. The molecule has 0 aromatic rings. The smallest absolute Gasteiger partial charge is 0.237 e. The zero-order valence-electron chi connectivity index (χ0n) is 11.8. The molecule has 20 heavy (non-hydrogen) atoms. The van der Waals surface area contributed by atoms with Crippen LogP contribution in [0, 0.1) is 5.41 Å². The molecule has 1 fully saturated rings. The number of nitrogens with zero attached hydrogens (tertiary/aromatic N) is 1. The second-order valence-electron chi connectivity index (χ2n) is 5.49. The Hall–Kier alpha value is -1.63. The SMILES string of the molecule is NCC1(C(=O)N(CC(N)=O)CC(N)=O)CCCCCC1. The largest absolute Gasteiger partial charge is 0.368 e. The van der Waals surface area contributed by atoms with Crippen molar-refractivity contribution in [2.45, 2.75) is 38.5 Å². The molecule has 0 atom stereocenters. The van der Waals surface area contributed by atoms with Gasteiger partial charge in [0.05, 0.1) is 18.5 Å². The standard InChI is InChI=1S/C13H24N4O3/c14-9-13(5-3-1-2-4-6-13)12(20)17(7-10(15)18)8-11(16)19/h1-9,14H2,(H2,15,18)(H2,16,19). The lowest BCUT2D eigenvalue weighted by Gasteiger charge is -2.35. The molecule has 0 radical (unpaired) electrons. The highest BCUT2D eigenvalue weighted by Crippen LogP contribution is 2.35. The maximum atomic E-state index is 12.7. The van der Waals surface area contributed by atoms with Crippen LogP contribution in [-0.4, -0.2) is 42.3 Å². The first-order valence-corrected chi connectivity index (χ1v) is 6.97. The van der Waals surface area contributed by atoms with E-state index in [1.165, 1.54) is 0 Å². The van der Waals surface area contributed by atoms with Crippen LogP contribution in [0.3, 0.4) is 0 Å². The van der Waals surface area contributed by atoms with E-state index in [-0.39, 0.29) is 25.5 Å². The summed E-state index contributed by atoms with van der Waals surface area (Å²) in [5.74, 6) is -1.61. The molecule has 7 nitrogen and oxygen atoms in total. The molecule has 114 valence electrons. The number of hydrogen-bond donors (Lipinski definition) is 3. The molecular formula is C13H24N4O3. The fraction of sp³-hybridized carbons (Fsp3) is 0.769. The Morgan fingerprint density at radius 2 is 1.35 bits per heavy atom. The van der Waals surface area contributed by atoms with Gasteiger partial charge in [-0.05, 0) is 12.8 Å². The molecule has 1 rings (SSSR count). The molecule has 6 N–H and O–H groups in total. The molecule has 0 aromatic carbocycles. The zero-order chi connectivity index (χ0) is 15.2. The van der Waals surface area contributed by atoms with Crippen LogP contribution in [0.15, 0.2) is 0 Å². The summed E-state index contributed by atoms with van der Waals surface area (Å²) in [6, 6.07) is 0. The molecule has 1 aliphatic rings. The maximum Gasteiger partial charge on any atom is 0.237 e. The van der Waals surface area contributed by atoms with Crippen molar-refractivity contribution in [3.05, 3.63) is 0 Å². The van der Waals surface area contributed by atoms with Crippen molar-refractivity contribution in [2.75, 3.05) is 19.6 Å². The normalized spacial score (nSPS) is 18.1. The summed E-state index contributed by atoms with van der Waals surface area (Å²) in [4.78, 5) is 36.0. The van der Waals surface area contributed by atoms with Gasteiger partial charge in [-0.1, -0.05) is 25.7 Å².